The Labute approximate surface area is 165 Å². The monoisotopic (exact) mass is 447 g/mol. The molecule has 0 aliphatic carbocycles. The van der Waals surface area contributed by atoms with Crippen molar-refractivity contribution in [3.63, 3.8) is 0 Å². The molecule has 2 aromatic heterocycles. The van der Waals surface area contributed by atoms with Crippen LogP contribution in [0.25, 0.3) is 20.4 Å². The average molecular weight is 448 g/mol. The first-order chi connectivity index (χ1) is 12.7. The molecule has 0 bridgehead atoms. The van der Waals surface area contributed by atoms with Crippen LogP contribution < -0.4 is 4.80 Å². The fourth-order valence-electron chi connectivity index (χ4n) is 2.63. The van der Waals surface area contributed by atoms with Crippen LogP contribution >= 0.6 is 38.6 Å². The number of carbonyl (C=O) groups excluding carboxylic acids is 1. The molecule has 132 valence electrons. The lowest BCUT2D eigenvalue weighted by Crippen LogP contribution is -2.19. The van der Waals surface area contributed by atoms with E-state index < -0.39 is 0 Å². The van der Waals surface area contributed by atoms with Crippen molar-refractivity contribution in [3.05, 3.63) is 56.7 Å². The Bertz CT molecular complexity index is 1140. The number of hydrogen-bond donors (Lipinski definition) is 0. The van der Waals surface area contributed by atoms with Gasteiger partial charge in [-0.05, 0) is 30.3 Å². The Morgan fingerprint density at radius 2 is 2.08 bits per heavy atom. The third-order valence-corrected chi connectivity index (χ3v) is 6.40. The number of rotatable bonds is 4. The fraction of sp³-hybridized carbons (Fsp3) is 0.167. The molecule has 2 heterocycles. The number of ether oxygens (including phenoxy) is 1. The number of halogens is 1. The predicted molar refractivity (Wildman–Crippen MR) is 109 cm³/mol. The number of hydrogen-bond acceptors (Lipinski definition) is 5. The highest BCUT2D eigenvalue weighted by atomic mass is 79.9. The van der Waals surface area contributed by atoms with Crippen LogP contribution in [0.5, 0.6) is 0 Å². The second-order valence-corrected chi connectivity index (χ2v) is 8.50. The number of carbonyl (C=O) groups is 1. The summed E-state index contributed by atoms with van der Waals surface area (Å²) in [6.07, 6.45) is 0. The zero-order chi connectivity index (χ0) is 18.1. The topological polar surface area (TPSA) is 56.5 Å². The van der Waals surface area contributed by atoms with Gasteiger partial charge in [-0.15, -0.1) is 11.3 Å². The first-order valence-corrected chi connectivity index (χ1v) is 10.3. The minimum Gasteiger partial charge on any atom is -0.383 e. The molecule has 0 saturated carbocycles. The molecule has 0 spiro atoms. The van der Waals surface area contributed by atoms with E-state index in [4.69, 9.17) is 4.74 Å². The summed E-state index contributed by atoms with van der Waals surface area (Å²) in [5.41, 5.74) is 1.86. The molecule has 8 heteroatoms. The molecular formula is C18H14BrN3O2S2. The van der Waals surface area contributed by atoms with E-state index >= 15 is 0 Å². The molecule has 4 rings (SSSR count). The molecule has 0 unspecified atom stereocenters. The molecular weight excluding hydrogens is 434 g/mol. The quantitative estimate of drug-likeness (QED) is 0.463. The predicted octanol–water partition coefficient (Wildman–Crippen LogP) is 4.46. The molecule has 4 aromatic rings. The highest BCUT2D eigenvalue weighted by molar-refractivity contribution is 9.10. The van der Waals surface area contributed by atoms with Gasteiger partial charge in [-0.1, -0.05) is 39.4 Å². The van der Waals surface area contributed by atoms with Gasteiger partial charge in [0.25, 0.3) is 0 Å². The average Bonchev–Trinajstić information content (AvgIpc) is 3.20. The van der Waals surface area contributed by atoms with Crippen LogP contribution in [0.15, 0.2) is 51.9 Å². The van der Waals surface area contributed by atoms with E-state index in [-0.39, 0.29) is 5.91 Å². The van der Waals surface area contributed by atoms with Gasteiger partial charge in [-0.2, -0.15) is 4.99 Å². The van der Waals surface area contributed by atoms with Crippen LogP contribution in [-0.4, -0.2) is 29.2 Å². The first-order valence-electron chi connectivity index (χ1n) is 7.88. The maximum absolute atomic E-state index is 12.7. The minimum atomic E-state index is -0.317. The normalized spacial score (nSPS) is 12.3. The van der Waals surface area contributed by atoms with Crippen molar-refractivity contribution in [2.45, 2.75) is 6.54 Å². The summed E-state index contributed by atoms with van der Waals surface area (Å²) < 4.78 is 10.3. The van der Waals surface area contributed by atoms with Gasteiger partial charge in [0.1, 0.15) is 0 Å². The van der Waals surface area contributed by atoms with Crippen molar-refractivity contribution in [2.24, 2.45) is 4.99 Å². The van der Waals surface area contributed by atoms with Crippen LogP contribution in [0.3, 0.4) is 0 Å². The molecule has 1 amide bonds. The Kier molecular flexibility index (Phi) is 4.99. The lowest BCUT2D eigenvalue weighted by Gasteiger charge is -2.03. The maximum Gasteiger partial charge on any atom is 0.308 e. The third-order valence-electron chi connectivity index (χ3n) is 3.84. The molecule has 0 N–H and O–H groups in total. The number of fused-ring (bicyclic) bond motifs is 2. The van der Waals surface area contributed by atoms with Crippen LogP contribution in [0.4, 0.5) is 0 Å². The van der Waals surface area contributed by atoms with E-state index in [1.807, 2.05) is 47.0 Å². The van der Waals surface area contributed by atoms with Crippen molar-refractivity contribution in [3.8, 4) is 0 Å². The van der Waals surface area contributed by atoms with Crippen molar-refractivity contribution >= 4 is 64.9 Å². The lowest BCUT2D eigenvalue weighted by atomic mass is 10.3. The molecule has 0 saturated heterocycles. The highest BCUT2D eigenvalue weighted by Gasteiger charge is 2.13. The largest absolute Gasteiger partial charge is 0.383 e. The summed E-state index contributed by atoms with van der Waals surface area (Å²) in [6, 6.07) is 13.7. The SMILES string of the molecule is COCCn1c(=NC(=O)c2nc3ccccc3s2)sc2cc(Br)ccc21. The molecule has 0 aliphatic heterocycles. The van der Waals surface area contributed by atoms with Crippen LogP contribution in [0.2, 0.25) is 0 Å². The summed E-state index contributed by atoms with van der Waals surface area (Å²) >= 11 is 6.34. The maximum atomic E-state index is 12.7. The Hall–Kier alpha value is -1.87. The van der Waals surface area contributed by atoms with Gasteiger partial charge in [0, 0.05) is 18.1 Å². The van der Waals surface area contributed by atoms with Gasteiger partial charge < -0.3 is 9.30 Å². The van der Waals surface area contributed by atoms with Crippen LogP contribution in [0.1, 0.15) is 9.80 Å². The molecule has 0 radical (unpaired) electrons. The number of para-hydroxylation sites is 1. The second kappa shape index (κ2) is 7.40. The van der Waals surface area contributed by atoms with Gasteiger partial charge in [0.05, 0.1) is 27.0 Å². The molecule has 0 aliphatic rings. The second-order valence-electron chi connectivity index (χ2n) is 5.54. The Morgan fingerprint density at radius 1 is 1.23 bits per heavy atom. The van der Waals surface area contributed by atoms with Gasteiger partial charge in [-0.3, -0.25) is 4.79 Å². The first kappa shape index (κ1) is 17.5. The van der Waals surface area contributed by atoms with Crippen molar-refractivity contribution < 1.29 is 9.53 Å². The summed E-state index contributed by atoms with van der Waals surface area (Å²) in [4.78, 5) is 22.1. The van der Waals surface area contributed by atoms with E-state index in [0.717, 1.165) is 24.9 Å². The third kappa shape index (κ3) is 3.37. The number of aromatic nitrogens is 2. The Morgan fingerprint density at radius 3 is 2.88 bits per heavy atom. The van der Waals surface area contributed by atoms with Crippen molar-refractivity contribution in [1.82, 2.24) is 9.55 Å². The molecule has 26 heavy (non-hydrogen) atoms. The highest BCUT2D eigenvalue weighted by Crippen LogP contribution is 2.24. The van der Waals surface area contributed by atoms with Gasteiger partial charge in [0.2, 0.25) is 0 Å². The van der Waals surface area contributed by atoms with E-state index in [1.165, 1.54) is 22.7 Å². The van der Waals surface area contributed by atoms with Gasteiger partial charge >= 0.3 is 5.91 Å². The molecule has 5 nitrogen and oxygen atoms in total. The lowest BCUT2D eigenvalue weighted by molar-refractivity contribution is 0.0997. The summed E-state index contributed by atoms with van der Waals surface area (Å²) in [6.45, 7) is 1.18. The van der Waals surface area contributed by atoms with E-state index in [0.29, 0.717) is 23.0 Å². The van der Waals surface area contributed by atoms with E-state index in [9.17, 15) is 4.79 Å². The number of nitrogens with zero attached hydrogens (tertiary/aromatic N) is 3. The zero-order valence-corrected chi connectivity index (χ0v) is 17.0. The molecule has 0 atom stereocenters. The fourth-order valence-corrected chi connectivity index (χ4v) is 5.09. The number of amides is 1. The summed E-state index contributed by atoms with van der Waals surface area (Å²) in [5.74, 6) is -0.317. The van der Waals surface area contributed by atoms with Crippen molar-refractivity contribution in [1.29, 1.82) is 0 Å². The van der Waals surface area contributed by atoms with E-state index in [2.05, 4.69) is 25.9 Å². The van der Waals surface area contributed by atoms with E-state index in [1.54, 1.807) is 7.11 Å². The number of benzene rings is 2. The standard InChI is InChI=1S/C18H14BrN3O2S2/c1-24-9-8-22-13-7-6-11(19)10-15(13)26-18(22)21-16(23)17-20-12-4-2-3-5-14(12)25-17/h2-7,10H,8-9H2,1H3. The molecule has 2 aromatic carbocycles. The Balaban J connectivity index is 1.81. The smallest absolute Gasteiger partial charge is 0.308 e. The number of methoxy groups -OCH3 is 1. The zero-order valence-electron chi connectivity index (χ0n) is 13.8. The van der Waals surface area contributed by atoms with Gasteiger partial charge in [-0.25, -0.2) is 4.98 Å². The summed E-state index contributed by atoms with van der Waals surface area (Å²) in [7, 11) is 1.66. The molecule has 0 fully saturated rings. The van der Waals surface area contributed by atoms with Crippen molar-refractivity contribution in [2.75, 3.05) is 13.7 Å². The van der Waals surface area contributed by atoms with Crippen LogP contribution in [0, 0.1) is 0 Å². The minimum absolute atomic E-state index is 0.317. The number of thiazole rings is 2. The van der Waals surface area contributed by atoms with Gasteiger partial charge in [0.15, 0.2) is 9.81 Å². The van der Waals surface area contributed by atoms with Crippen LogP contribution in [-0.2, 0) is 11.3 Å². The summed E-state index contributed by atoms with van der Waals surface area (Å²) in [5, 5.41) is 0.406.